The lowest BCUT2D eigenvalue weighted by Crippen LogP contribution is -2.32. The van der Waals surface area contributed by atoms with Crippen LogP contribution in [0.2, 0.25) is 0 Å². The molecule has 1 aromatic carbocycles. The van der Waals surface area contributed by atoms with E-state index in [9.17, 15) is 0 Å². The molecule has 0 spiro atoms. The number of benzene rings is 1. The highest BCUT2D eigenvalue weighted by Crippen LogP contribution is 2.31. The first-order valence-corrected chi connectivity index (χ1v) is 5.69. The fourth-order valence-corrected chi connectivity index (χ4v) is 1.92. The Hall–Kier alpha value is -1.06. The lowest BCUT2D eigenvalue weighted by molar-refractivity contribution is -0.0179. The summed E-state index contributed by atoms with van der Waals surface area (Å²) in [5.74, 6) is 0. The quantitative estimate of drug-likeness (QED) is 0.831. The number of aliphatic hydroxyl groups is 1. The number of rotatable bonds is 2. The number of nitrogens with zero attached hydrogens (tertiary/aromatic N) is 1. The second kappa shape index (κ2) is 4.07. The second-order valence-electron chi connectivity index (χ2n) is 5.18. The molecule has 2 rings (SSSR count). The van der Waals surface area contributed by atoms with Crippen LogP contribution in [-0.4, -0.2) is 17.3 Å². The highest BCUT2D eigenvalue weighted by molar-refractivity contribution is 5.57. The van der Waals surface area contributed by atoms with Gasteiger partial charge in [-0.25, -0.2) is 0 Å². The van der Waals surface area contributed by atoms with Crippen LogP contribution >= 0.6 is 0 Å². The Labute approximate surface area is 96.6 Å². The van der Waals surface area contributed by atoms with E-state index in [0.717, 1.165) is 24.2 Å². The number of aliphatic hydroxyl groups excluding tert-OH is 1. The Kier molecular flexibility index (Phi) is 2.91. The van der Waals surface area contributed by atoms with Crippen molar-refractivity contribution in [3.05, 3.63) is 29.3 Å². The van der Waals surface area contributed by atoms with Crippen LogP contribution in [0.3, 0.4) is 0 Å². The molecule has 0 fully saturated rings. The Morgan fingerprint density at radius 2 is 2.12 bits per heavy atom. The molecule has 1 N–H and O–H groups in total. The van der Waals surface area contributed by atoms with E-state index in [0.29, 0.717) is 0 Å². The molecule has 0 aromatic heterocycles. The van der Waals surface area contributed by atoms with Gasteiger partial charge in [0.15, 0.2) is 0 Å². The van der Waals surface area contributed by atoms with Gasteiger partial charge in [-0.15, -0.1) is 0 Å². The van der Waals surface area contributed by atoms with Gasteiger partial charge in [0, 0.05) is 6.54 Å². The summed E-state index contributed by atoms with van der Waals surface area (Å²) in [6.45, 7) is 7.10. The van der Waals surface area contributed by atoms with Gasteiger partial charge in [0.05, 0.1) is 17.9 Å². The summed E-state index contributed by atoms with van der Waals surface area (Å²) < 4.78 is 0. The highest BCUT2D eigenvalue weighted by atomic mass is 16.7. The van der Waals surface area contributed by atoms with Crippen LogP contribution in [0, 0.1) is 0 Å². The molecule has 3 nitrogen and oxygen atoms in total. The summed E-state index contributed by atoms with van der Waals surface area (Å²) in [7, 11) is 0. The SMILES string of the molecule is CC(C)(C)ON1CCc2ccc(CO)cc21. The molecule has 0 aliphatic carbocycles. The lowest BCUT2D eigenvalue weighted by atomic mass is 10.1. The average Bonchev–Trinajstić information content (AvgIpc) is 2.58. The third-order valence-corrected chi connectivity index (χ3v) is 2.57. The fraction of sp³-hybridized carbons (Fsp3) is 0.538. The Morgan fingerprint density at radius 3 is 2.75 bits per heavy atom. The molecule has 1 aromatic rings. The van der Waals surface area contributed by atoms with Crippen LogP contribution in [0.5, 0.6) is 0 Å². The van der Waals surface area contributed by atoms with E-state index in [1.54, 1.807) is 0 Å². The van der Waals surface area contributed by atoms with Crippen LogP contribution in [0.4, 0.5) is 5.69 Å². The molecule has 0 amide bonds. The number of hydroxylamine groups is 1. The molecular weight excluding hydrogens is 202 g/mol. The van der Waals surface area contributed by atoms with Crippen molar-refractivity contribution in [2.75, 3.05) is 11.6 Å². The first-order chi connectivity index (χ1) is 7.49. The van der Waals surface area contributed by atoms with Crippen LogP contribution < -0.4 is 5.06 Å². The van der Waals surface area contributed by atoms with E-state index in [1.807, 2.05) is 38.0 Å². The number of fused-ring (bicyclic) bond motifs is 1. The first-order valence-electron chi connectivity index (χ1n) is 5.69. The Bertz CT molecular complexity index is 382. The highest BCUT2D eigenvalue weighted by Gasteiger charge is 2.24. The molecule has 0 saturated carbocycles. The molecule has 1 aliphatic rings. The van der Waals surface area contributed by atoms with E-state index in [1.165, 1.54) is 5.56 Å². The maximum absolute atomic E-state index is 9.13. The monoisotopic (exact) mass is 221 g/mol. The second-order valence-corrected chi connectivity index (χ2v) is 5.18. The van der Waals surface area contributed by atoms with Crippen molar-refractivity contribution in [1.29, 1.82) is 0 Å². The molecule has 88 valence electrons. The maximum atomic E-state index is 9.13. The van der Waals surface area contributed by atoms with E-state index in [-0.39, 0.29) is 12.2 Å². The summed E-state index contributed by atoms with van der Waals surface area (Å²) >= 11 is 0. The zero-order valence-electron chi connectivity index (χ0n) is 10.2. The predicted octanol–water partition coefficient (Wildman–Crippen LogP) is 2.27. The van der Waals surface area contributed by atoms with Gasteiger partial charge >= 0.3 is 0 Å². The zero-order valence-corrected chi connectivity index (χ0v) is 10.2. The fourth-order valence-electron chi connectivity index (χ4n) is 1.92. The van der Waals surface area contributed by atoms with Gasteiger partial charge in [-0.3, -0.25) is 9.90 Å². The molecule has 16 heavy (non-hydrogen) atoms. The van der Waals surface area contributed by atoms with Gasteiger partial charge in [0.1, 0.15) is 0 Å². The molecule has 0 atom stereocenters. The zero-order chi connectivity index (χ0) is 11.8. The Morgan fingerprint density at radius 1 is 1.38 bits per heavy atom. The van der Waals surface area contributed by atoms with E-state index in [2.05, 4.69) is 6.07 Å². The van der Waals surface area contributed by atoms with Crippen molar-refractivity contribution in [2.24, 2.45) is 0 Å². The Balaban J connectivity index is 2.24. The molecular formula is C13H19NO2. The van der Waals surface area contributed by atoms with Crippen molar-refractivity contribution >= 4 is 5.69 Å². The summed E-state index contributed by atoms with van der Waals surface area (Å²) in [6, 6.07) is 6.06. The predicted molar refractivity (Wildman–Crippen MR) is 64.3 cm³/mol. The van der Waals surface area contributed by atoms with Crippen LogP contribution in [0.1, 0.15) is 31.9 Å². The minimum atomic E-state index is -0.184. The van der Waals surface area contributed by atoms with E-state index in [4.69, 9.17) is 9.94 Å². The van der Waals surface area contributed by atoms with Crippen molar-refractivity contribution < 1.29 is 9.94 Å². The van der Waals surface area contributed by atoms with Crippen LogP contribution in [-0.2, 0) is 17.9 Å². The molecule has 0 unspecified atom stereocenters. The maximum Gasteiger partial charge on any atom is 0.0879 e. The largest absolute Gasteiger partial charge is 0.392 e. The van der Waals surface area contributed by atoms with E-state index < -0.39 is 0 Å². The summed E-state index contributed by atoms with van der Waals surface area (Å²) in [5.41, 5.74) is 3.14. The number of hydrogen-bond acceptors (Lipinski definition) is 3. The van der Waals surface area contributed by atoms with Crippen molar-refractivity contribution in [3.63, 3.8) is 0 Å². The average molecular weight is 221 g/mol. The van der Waals surface area contributed by atoms with Gasteiger partial charge in [-0.1, -0.05) is 12.1 Å². The first kappa shape index (κ1) is 11.4. The van der Waals surface area contributed by atoms with Gasteiger partial charge in [0.2, 0.25) is 0 Å². The summed E-state index contributed by atoms with van der Waals surface area (Å²) in [6.07, 6.45) is 1.01. The third kappa shape index (κ3) is 2.36. The molecule has 0 bridgehead atoms. The van der Waals surface area contributed by atoms with Gasteiger partial charge < -0.3 is 5.11 Å². The minimum absolute atomic E-state index is 0.0800. The third-order valence-electron chi connectivity index (χ3n) is 2.57. The molecule has 3 heteroatoms. The minimum Gasteiger partial charge on any atom is -0.392 e. The van der Waals surface area contributed by atoms with Gasteiger partial charge in [0.25, 0.3) is 0 Å². The van der Waals surface area contributed by atoms with Gasteiger partial charge in [-0.05, 0) is 44.4 Å². The molecule has 1 heterocycles. The summed E-state index contributed by atoms with van der Waals surface area (Å²) in [4.78, 5) is 5.88. The molecule has 0 saturated heterocycles. The number of hydrogen-bond donors (Lipinski definition) is 1. The normalized spacial score (nSPS) is 15.4. The molecule has 0 radical (unpaired) electrons. The van der Waals surface area contributed by atoms with E-state index >= 15 is 0 Å². The standard InChI is InChI=1S/C13H19NO2/c1-13(2,3)16-14-7-6-11-5-4-10(9-15)8-12(11)14/h4-5,8,15H,6-7,9H2,1-3H3. The van der Waals surface area contributed by atoms with Crippen LogP contribution in [0.15, 0.2) is 18.2 Å². The summed E-state index contributed by atoms with van der Waals surface area (Å²) in [5, 5.41) is 11.1. The number of anilines is 1. The molecule has 1 aliphatic heterocycles. The van der Waals surface area contributed by atoms with Crippen molar-refractivity contribution in [3.8, 4) is 0 Å². The lowest BCUT2D eigenvalue weighted by Gasteiger charge is -2.28. The van der Waals surface area contributed by atoms with Crippen molar-refractivity contribution in [1.82, 2.24) is 0 Å². The topological polar surface area (TPSA) is 32.7 Å². The van der Waals surface area contributed by atoms with Crippen molar-refractivity contribution in [2.45, 2.75) is 39.4 Å². The smallest absolute Gasteiger partial charge is 0.0879 e. The van der Waals surface area contributed by atoms with Gasteiger partial charge in [-0.2, -0.15) is 0 Å². The van der Waals surface area contributed by atoms with Crippen LogP contribution in [0.25, 0.3) is 0 Å².